The minimum absolute atomic E-state index is 0.158. The molecule has 11 heteroatoms. The van der Waals surface area contributed by atoms with Crippen LogP contribution in [0.4, 0.5) is 29.1 Å². The maximum absolute atomic E-state index is 15.0. The van der Waals surface area contributed by atoms with Gasteiger partial charge in [0.15, 0.2) is 5.69 Å². The fourth-order valence-electron chi connectivity index (χ4n) is 4.87. The summed E-state index contributed by atoms with van der Waals surface area (Å²) >= 11 is 0. The number of aromatic nitrogens is 3. The van der Waals surface area contributed by atoms with Gasteiger partial charge in [-0.05, 0) is 72.1 Å². The number of amides is 1. The van der Waals surface area contributed by atoms with E-state index in [4.69, 9.17) is 5.73 Å². The number of nitrogens with zero attached hydrogens (tertiary/aromatic N) is 3. The summed E-state index contributed by atoms with van der Waals surface area (Å²) < 4.78 is 57.0. The SMILES string of the molecule is Nc1nccc2ccc(-n3nc(C(F)(F)F)cc3C(=O)Nc3cc([C@@H](NCC4CC4)c4ccccc4)ccc3F)cc12. The van der Waals surface area contributed by atoms with E-state index in [0.29, 0.717) is 28.3 Å². The zero-order chi connectivity index (χ0) is 29.4. The second kappa shape index (κ2) is 10.9. The summed E-state index contributed by atoms with van der Waals surface area (Å²) in [6, 6.07) is 20.7. The maximum atomic E-state index is 15.0. The van der Waals surface area contributed by atoms with Crippen LogP contribution in [-0.4, -0.2) is 27.2 Å². The van der Waals surface area contributed by atoms with Gasteiger partial charge < -0.3 is 16.4 Å². The molecule has 4 N–H and O–H groups in total. The van der Waals surface area contributed by atoms with Crippen molar-refractivity contribution >= 4 is 28.2 Å². The molecule has 2 aromatic heterocycles. The van der Waals surface area contributed by atoms with E-state index < -0.39 is 29.3 Å². The van der Waals surface area contributed by atoms with Gasteiger partial charge in [0.2, 0.25) is 0 Å². The van der Waals surface area contributed by atoms with Gasteiger partial charge >= 0.3 is 6.18 Å². The van der Waals surface area contributed by atoms with E-state index in [2.05, 4.69) is 20.7 Å². The number of anilines is 2. The van der Waals surface area contributed by atoms with E-state index in [9.17, 15) is 18.0 Å². The molecule has 214 valence electrons. The van der Waals surface area contributed by atoms with Crippen LogP contribution >= 0.6 is 0 Å². The average Bonchev–Trinajstić information content (AvgIpc) is 3.68. The van der Waals surface area contributed by atoms with E-state index in [1.165, 1.54) is 30.5 Å². The zero-order valence-corrected chi connectivity index (χ0v) is 22.2. The van der Waals surface area contributed by atoms with E-state index in [1.807, 2.05) is 30.3 Å². The number of fused-ring (bicyclic) bond motifs is 1. The summed E-state index contributed by atoms with van der Waals surface area (Å²) in [7, 11) is 0. The third kappa shape index (κ3) is 5.68. The molecule has 2 heterocycles. The topological polar surface area (TPSA) is 97.9 Å². The first kappa shape index (κ1) is 27.4. The van der Waals surface area contributed by atoms with Crippen molar-refractivity contribution in [1.82, 2.24) is 20.1 Å². The van der Waals surface area contributed by atoms with Gasteiger partial charge in [-0.3, -0.25) is 4.79 Å². The molecule has 0 unspecified atom stereocenters. The van der Waals surface area contributed by atoms with E-state index in [1.54, 1.807) is 18.2 Å². The Labute approximate surface area is 238 Å². The smallest absolute Gasteiger partial charge is 0.383 e. The van der Waals surface area contributed by atoms with Crippen LogP contribution in [0.25, 0.3) is 16.5 Å². The Morgan fingerprint density at radius 2 is 1.79 bits per heavy atom. The number of benzene rings is 3. The van der Waals surface area contributed by atoms with Crippen LogP contribution in [0.1, 0.15) is 46.2 Å². The van der Waals surface area contributed by atoms with E-state index in [0.717, 1.165) is 29.6 Å². The summed E-state index contributed by atoms with van der Waals surface area (Å²) in [5, 5.41) is 10.9. The number of hydrogen-bond acceptors (Lipinski definition) is 5. The standard InChI is InChI=1S/C31H26F4N6O/c32-24-11-9-21(28(38-17-18-6-7-18)20-4-2-1-3-5-20)14-25(24)39-30(42)26-16-27(31(33,34)35)40-41(26)22-10-8-19-12-13-37-29(36)23(19)15-22/h1-5,8-16,18,28,38H,6-7,17H2,(H2,36,37)(H,39,42)/t28-/m0/s1. The summed E-state index contributed by atoms with van der Waals surface area (Å²) in [5.74, 6) is -0.936. The van der Waals surface area contributed by atoms with Crippen molar-refractivity contribution < 1.29 is 22.4 Å². The normalized spacial score (nSPS) is 14.2. The van der Waals surface area contributed by atoms with Crippen molar-refractivity contribution in [1.29, 1.82) is 0 Å². The lowest BCUT2D eigenvalue weighted by molar-refractivity contribution is -0.141. The predicted octanol–water partition coefficient (Wildman–Crippen LogP) is 6.50. The van der Waals surface area contributed by atoms with E-state index >= 15 is 4.39 Å². The van der Waals surface area contributed by atoms with E-state index in [-0.39, 0.29) is 23.2 Å². The molecule has 5 aromatic rings. The van der Waals surface area contributed by atoms with Crippen LogP contribution < -0.4 is 16.4 Å². The van der Waals surface area contributed by atoms with Crippen molar-refractivity contribution in [2.45, 2.75) is 25.1 Å². The first-order valence-corrected chi connectivity index (χ1v) is 13.4. The van der Waals surface area contributed by atoms with Crippen molar-refractivity contribution in [2.75, 3.05) is 17.6 Å². The van der Waals surface area contributed by atoms with Crippen LogP contribution in [0.3, 0.4) is 0 Å². The molecular weight excluding hydrogens is 548 g/mol. The minimum atomic E-state index is -4.82. The highest BCUT2D eigenvalue weighted by Crippen LogP contribution is 2.33. The Hall–Kier alpha value is -4.77. The summed E-state index contributed by atoms with van der Waals surface area (Å²) in [6.07, 6.45) is -1.02. The van der Waals surface area contributed by atoms with Gasteiger partial charge in [0.1, 0.15) is 17.3 Å². The van der Waals surface area contributed by atoms with Crippen LogP contribution in [0, 0.1) is 11.7 Å². The van der Waals surface area contributed by atoms with Crippen molar-refractivity contribution in [3.63, 3.8) is 0 Å². The number of hydrogen-bond donors (Lipinski definition) is 3. The number of nitrogens with one attached hydrogen (secondary N) is 2. The maximum Gasteiger partial charge on any atom is 0.435 e. The Kier molecular flexibility index (Phi) is 7.11. The Bertz CT molecular complexity index is 1770. The molecule has 1 amide bonds. The number of halogens is 4. The highest BCUT2D eigenvalue weighted by atomic mass is 19.4. The van der Waals surface area contributed by atoms with Crippen molar-refractivity contribution in [3.05, 3.63) is 113 Å². The van der Waals surface area contributed by atoms with Crippen LogP contribution in [-0.2, 0) is 6.18 Å². The molecule has 1 aliphatic carbocycles. The fraction of sp³-hybridized carbons (Fsp3) is 0.194. The Balaban J connectivity index is 1.36. The number of nitrogens with two attached hydrogens (primary N) is 1. The number of carbonyl (C=O) groups excluding carboxylic acids is 1. The monoisotopic (exact) mass is 574 g/mol. The molecule has 0 saturated heterocycles. The minimum Gasteiger partial charge on any atom is -0.383 e. The van der Waals surface area contributed by atoms with Crippen LogP contribution in [0.5, 0.6) is 0 Å². The average molecular weight is 575 g/mol. The molecule has 0 radical (unpaired) electrons. The molecule has 6 rings (SSSR count). The quantitative estimate of drug-likeness (QED) is 0.184. The number of pyridine rings is 1. The van der Waals surface area contributed by atoms with Gasteiger partial charge in [0.25, 0.3) is 5.91 Å². The molecule has 0 aliphatic heterocycles. The second-order valence-corrected chi connectivity index (χ2v) is 10.3. The predicted molar refractivity (Wildman–Crippen MR) is 152 cm³/mol. The first-order chi connectivity index (χ1) is 20.2. The summed E-state index contributed by atoms with van der Waals surface area (Å²) in [5.41, 5.74) is 5.91. The van der Waals surface area contributed by atoms with Gasteiger partial charge in [0, 0.05) is 17.6 Å². The second-order valence-electron chi connectivity index (χ2n) is 10.3. The highest BCUT2D eigenvalue weighted by Gasteiger charge is 2.36. The lowest BCUT2D eigenvalue weighted by Crippen LogP contribution is -2.25. The largest absolute Gasteiger partial charge is 0.435 e. The van der Waals surface area contributed by atoms with Gasteiger partial charge in [-0.25, -0.2) is 14.1 Å². The highest BCUT2D eigenvalue weighted by molar-refractivity contribution is 6.04. The molecule has 1 atom stereocenters. The molecule has 3 aromatic carbocycles. The third-order valence-electron chi connectivity index (χ3n) is 7.27. The van der Waals surface area contributed by atoms with Crippen LogP contribution in [0.15, 0.2) is 85.1 Å². The third-order valence-corrected chi connectivity index (χ3v) is 7.27. The number of rotatable bonds is 8. The van der Waals surface area contributed by atoms with Gasteiger partial charge in [-0.2, -0.15) is 18.3 Å². The molecule has 42 heavy (non-hydrogen) atoms. The molecule has 1 fully saturated rings. The van der Waals surface area contributed by atoms with Crippen LogP contribution in [0.2, 0.25) is 0 Å². The fourth-order valence-corrected chi connectivity index (χ4v) is 4.87. The molecule has 7 nitrogen and oxygen atoms in total. The molecule has 1 saturated carbocycles. The molecule has 1 aliphatic rings. The summed E-state index contributed by atoms with van der Waals surface area (Å²) in [6.45, 7) is 0.782. The van der Waals surface area contributed by atoms with Crippen molar-refractivity contribution in [3.8, 4) is 5.69 Å². The number of alkyl halides is 3. The number of nitrogen functional groups attached to an aromatic ring is 1. The van der Waals surface area contributed by atoms with Gasteiger partial charge in [-0.15, -0.1) is 0 Å². The lowest BCUT2D eigenvalue weighted by atomic mass is 9.97. The lowest BCUT2D eigenvalue weighted by Gasteiger charge is -2.21. The molecular formula is C31H26F4N6O. The molecule has 0 spiro atoms. The van der Waals surface area contributed by atoms with Gasteiger partial charge in [0.05, 0.1) is 17.4 Å². The first-order valence-electron chi connectivity index (χ1n) is 13.4. The molecule has 0 bridgehead atoms. The Morgan fingerprint density at radius 3 is 2.52 bits per heavy atom. The zero-order valence-electron chi connectivity index (χ0n) is 22.2. The Morgan fingerprint density at radius 1 is 1.00 bits per heavy atom. The van der Waals surface area contributed by atoms with Crippen molar-refractivity contribution in [2.24, 2.45) is 5.92 Å². The van der Waals surface area contributed by atoms with Gasteiger partial charge in [-0.1, -0.05) is 42.5 Å². The number of carbonyl (C=O) groups is 1. The summed E-state index contributed by atoms with van der Waals surface area (Å²) in [4.78, 5) is 17.5.